The molecule has 0 fully saturated rings. The Morgan fingerprint density at radius 3 is 2.48 bits per heavy atom. The molecule has 25 heavy (non-hydrogen) atoms. The SMILES string of the molecule is Cc1ccc(S(=O)(=O)Nc2ccc(-n3cnnn3)cc2)cc1C(=O)O. The number of nitrogens with one attached hydrogen (secondary N) is 1. The Labute approximate surface area is 143 Å². The summed E-state index contributed by atoms with van der Waals surface area (Å²) in [4.78, 5) is 11.1. The molecule has 2 N–H and O–H groups in total. The number of aromatic carboxylic acids is 1. The highest BCUT2D eigenvalue weighted by molar-refractivity contribution is 7.92. The zero-order chi connectivity index (χ0) is 18.0. The Kier molecular flexibility index (Phi) is 4.19. The van der Waals surface area contributed by atoms with Crippen molar-refractivity contribution in [3.05, 3.63) is 59.9 Å². The van der Waals surface area contributed by atoms with Crippen LogP contribution in [-0.2, 0) is 10.0 Å². The second-order valence-corrected chi connectivity index (χ2v) is 6.87. The van der Waals surface area contributed by atoms with Gasteiger partial charge in [0.15, 0.2) is 0 Å². The number of aryl methyl sites for hydroxylation is 1. The molecule has 0 saturated heterocycles. The van der Waals surface area contributed by atoms with E-state index in [9.17, 15) is 13.2 Å². The Morgan fingerprint density at radius 1 is 1.16 bits per heavy atom. The van der Waals surface area contributed by atoms with Gasteiger partial charge in [0.05, 0.1) is 16.1 Å². The molecule has 0 atom stereocenters. The van der Waals surface area contributed by atoms with Gasteiger partial charge in [-0.2, -0.15) is 0 Å². The van der Waals surface area contributed by atoms with Gasteiger partial charge in [0, 0.05) is 5.69 Å². The minimum atomic E-state index is -3.91. The van der Waals surface area contributed by atoms with Crippen molar-refractivity contribution in [1.29, 1.82) is 0 Å². The zero-order valence-corrected chi connectivity index (χ0v) is 13.8. The van der Waals surface area contributed by atoms with E-state index in [1.165, 1.54) is 23.1 Å². The molecule has 3 rings (SSSR count). The molecule has 0 unspecified atom stereocenters. The highest BCUT2D eigenvalue weighted by atomic mass is 32.2. The minimum Gasteiger partial charge on any atom is -0.478 e. The molecule has 0 spiro atoms. The minimum absolute atomic E-state index is 0.0584. The molecule has 3 aromatic rings. The summed E-state index contributed by atoms with van der Waals surface area (Å²) in [6.45, 7) is 1.60. The predicted molar refractivity (Wildman–Crippen MR) is 88.1 cm³/mol. The molecule has 1 heterocycles. The van der Waals surface area contributed by atoms with Crippen molar-refractivity contribution < 1.29 is 18.3 Å². The second-order valence-electron chi connectivity index (χ2n) is 5.19. The first kappa shape index (κ1) is 16.6. The van der Waals surface area contributed by atoms with Crippen molar-refractivity contribution in [1.82, 2.24) is 20.2 Å². The summed E-state index contributed by atoms with van der Waals surface area (Å²) in [5.74, 6) is -1.18. The number of sulfonamides is 1. The maximum Gasteiger partial charge on any atom is 0.335 e. The summed E-state index contributed by atoms with van der Waals surface area (Å²) in [6, 6.07) is 10.4. The quantitative estimate of drug-likeness (QED) is 0.706. The van der Waals surface area contributed by atoms with Crippen molar-refractivity contribution in [3.8, 4) is 5.69 Å². The third kappa shape index (κ3) is 3.48. The normalized spacial score (nSPS) is 11.2. The van der Waals surface area contributed by atoms with Crippen LogP contribution in [0.25, 0.3) is 5.69 Å². The average Bonchev–Trinajstić information content (AvgIpc) is 3.09. The smallest absolute Gasteiger partial charge is 0.335 e. The van der Waals surface area contributed by atoms with Crippen LogP contribution in [0, 0.1) is 6.92 Å². The van der Waals surface area contributed by atoms with E-state index in [1.807, 2.05) is 0 Å². The van der Waals surface area contributed by atoms with Crippen LogP contribution in [0.3, 0.4) is 0 Å². The van der Waals surface area contributed by atoms with E-state index in [1.54, 1.807) is 31.2 Å². The lowest BCUT2D eigenvalue weighted by atomic mass is 10.1. The molecule has 0 bridgehead atoms. The molecule has 9 nitrogen and oxygen atoms in total. The molecule has 1 aromatic heterocycles. The molecule has 0 aliphatic carbocycles. The lowest BCUT2D eigenvalue weighted by molar-refractivity contribution is 0.0696. The van der Waals surface area contributed by atoms with Gasteiger partial charge in [-0.1, -0.05) is 6.07 Å². The third-order valence-corrected chi connectivity index (χ3v) is 4.86. The fourth-order valence-corrected chi connectivity index (χ4v) is 3.26. The fourth-order valence-electron chi connectivity index (χ4n) is 2.17. The van der Waals surface area contributed by atoms with Gasteiger partial charge in [-0.3, -0.25) is 4.72 Å². The third-order valence-electron chi connectivity index (χ3n) is 3.48. The maximum atomic E-state index is 12.5. The largest absolute Gasteiger partial charge is 0.478 e. The molecule has 0 amide bonds. The van der Waals surface area contributed by atoms with E-state index in [0.717, 1.165) is 6.07 Å². The fraction of sp³-hybridized carbons (Fsp3) is 0.0667. The number of rotatable bonds is 5. The number of carboxylic acids is 1. The van der Waals surface area contributed by atoms with Crippen LogP contribution >= 0.6 is 0 Å². The highest BCUT2D eigenvalue weighted by Crippen LogP contribution is 2.20. The first-order valence-electron chi connectivity index (χ1n) is 7.07. The summed E-state index contributed by atoms with van der Waals surface area (Å²) >= 11 is 0. The maximum absolute atomic E-state index is 12.5. The van der Waals surface area contributed by atoms with Crippen molar-refractivity contribution in [3.63, 3.8) is 0 Å². The first-order valence-corrected chi connectivity index (χ1v) is 8.55. The summed E-state index contributed by atoms with van der Waals surface area (Å²) in [5.41, 5.74) is 1.42. The summed E-state index contributed by atoms with van der Waals surface area (Å²) in [7, 11) is -3.91. The number of nitrogens with zero attached hydrogens (tertiary/aromatic N) is 4. The molecule has 0 saturated carbocycles. The molecule has 2 aromatic carbocycles. The number of anilines is 1. The number of aromatic nitrogens is 4. The van der Waals surface area contributed by atoms with Crippen LogP contribution < -0.4 is 4.72 Å². The van der Waals surface area contributed by atoms with Gasteiger partial charge in [0.25, 0.3) is 10.0 Å². The Hall–Kier alpha value is -3.27. The summed E-state index contributed by atoms with van der Waals surface area (Å²) in [6.07, 6.45) is 1.42. The summed E-state index contributed by atoms with van der Waals surface area (Å²) < 4.78 is 28.8. The lowest BCUT2D eigenvalue weighted by Crippen LogP contribution is -2.14. The second kappa shape index (κ2) is 6.32. The van der Waals surface area contributed by atoms with Gasteiger partial charge in [-0.05, 0) is 59.3 Å². The number of hydrogen-bond donors (Lipinski definition) is 2. The van der Waals surface area contributed by atoms with Crippen LogP contribution in [-0.4, -0.2) is 39.7 Å². The van der Waals surface area contributed by atoms with Crippen LogP contribution in [0.15, 0.2) is 53.7 Å². The van der Waals surface area contributed by atoms with Gasteiger partial charge < -0.3 is 5.11 Å². The van der Waals surface area contributed by atoms with Crippen LogP contribution in [0.5, 0.6) is 0 Å². The molecular formula is C15H13N5O4S. The van der Waals surface area contributed by atoms with Gasteiger partial charge in [-0.25, -0.2) is 17.9 Å². The van der Waals surface area contributed by atoms with E-state index in [0.29, 0.717) is 16.9 Å². The monoisotopic (exact) mass is 359 g/mol. The molecule has 128 valence electrons. The lowest BCUT2D eigenvalue weighted by Gasteiger charge is -2.10. The van der Waals surface area contributed by atoms with Crippen molar-refractivity contribution in [2.45, 2.75) is 11.8 Å². The van der Waals surface area contributed by atoms with Gasteiger partial charge >= 0.3 is 5.97 Å². The predicted octanol–water partition coefficient (Wildman–Crippen LogP) is 1.47. The van der Waals surface area contributed by atoms with E-state index < -0.39 is 16.0 Å². The van der Waals surface area contributed by atoms with Gasteiger partial charge in [0.2, 0.25) is 0 Å². The number of benzene rings is 2. The molecular weight excluding hydrogens is 346 g/mol. The van der Waals surface area contributed by atoms with Crippen LogP contribution in [0.4, 0.5) is 5.69 Å². The number of hydrogen-bond acceptors (Lipinski definition) is 6. The zero-order valence-electron chi connectivity index (χ0n) is 13.0. The van der Waals surface area contributed by atoms with E-state index in [2.05, 4.69) is 20.2 Å². The topological polar surface area (TPSA) is 127 Å². The highest BCUT2D eigenvalue weighted by Gasteiger charge is 2.18. The Morgan fingerprint density at radius 2 is 1.88 bits per heavy atom. The number of carbonyl (C=O) groups is 1. The number of tetrazole rings is 1. The molecule has 0 radical (unpaired) electrons. The molecule has 0 aliphatic heterocycles. The molecule has 0 aliphatic rings. The standard InChI is InChI=1S/C15H13N5O4S/c1-10-2-7-13(8-14(10)15(21)22)25(23,24)17-11-3-5-12(6-4-11)20-9-16-18-19-20/h2-9,17H,1H3,(H,21,22). The van der Waals surface area contributed by atoms with Crippen molar-refractivity contribution in [2.75, 3.05) is 4.72 Å². The van der Waals surface area contributed by atoms with E-state index in [-0.39, 0.29) is 10.5 Å². The Bertz CT molecular complexity index is 1010. The van der Waals surface area contributed by atoms with Crippen molar-refractivity contribution >= 4 is 21.7 Å². The van der Waals surface area contributed by atoms with Crippen molar-refractivity contribution in [2.24, 2.45) is 0 Å². The summed E-state index contributed by atoms with van der Waals surface area (Å²) in [5, 5.41) is 19.9. The molecule has 10 heteroatoms. The van der Waals surface area contributed by atoms with E-state index in [4.69, 9.17) is 5.11 Å². The number of carboxylic acid groups (broad SMARTS) is 1. The van der Waals surface area contributed by atoms with Crippen LogP contribution in [0.2, 0.25) is 0 Å². The average molecular weight is 359 g/mol. The van der Waals surface area contributed by atoms with Gasteiger partial charge in [0.1, 0.15) is 6.33 Å². The van der Waals surface area contributed by atoms with Gasteiger partial charge in [-0.15, -0.1) is 5.10 Å². The Balaban J connectivity index is 1.86. The van der Waals surface area contributed by atoms with E-state index >= 15 is 0 Å². The van der Waals surface area contributed by atoms with Crippen LogP contribution in [0.1, 0.15) is 15.9 Å². The first-order chi connectivity index (χ1) is 11.9.